The molecule has 3 fully saturated rings. The van der Waals surface area contributed by atoms with Crippen molar-refractivity contribution in [1.82, 2.24) is 0 Å². The molecule has 1 unspecified atom stereocenters. The van der Waals surface area contributed by atoms with Gasteiger partial charge in [-0.3, -0.25) is 28.8 Å². The van der Waals surface area contributed by atoms with Gasteiger partial charge >= 0.3 is 23.9 Å². The van der Waals surface area contributed by atoms with Gasteiger partial charge in [-0.25, -0.2) is 0 Å². The summed E-state index contributed by atoms with van der Waals surface area (Å²) in [4.78, 5) is 73.0. The molecule has 0 aromatic rings. The van der Waals surface area contributed by atoms with Crippen LogP contribution in [0.15, 0.2) is 23.8 Å². The van der Waals surface area contributed by atoms with E-state index in [0.29, 0.717) is 12.8 Å². The van der Waals surface area contributed by atoms with E-state index in [-0.39, 0.29) is 42.3 Å². The highest BCUT2D eigenvalue weighted by Crippen LogP contribution is 2.68. The van der Waals surface area contributed by atoms with Crippen molar-refractivity contribution in [2.75, 3.05) is 6.61 Å². The zero-order valence-electron chi connectivity index (χ0n) is 23.6. The summed E-state index contributed by atoms with van der Waals surface area (Å²) in [6.45, 7) is 5.12. The van der Waals surface area contributed by atoms with Crippen molar-refractivity contribution in [3.8, 4) is 0 Å². The maximum absolute atomic E-state index is 13.9. The van der Waals surface area contributed by atoms with Crippen LogP contribution in [0.2, 0.25) is 0 Å². The smallest absolute Gasteiger partial charge is 0.307 e. The van der Waals surface area contributed by atoms with E-state index in [9.17, 15) is 33.9 Å². The Hall–Kier alpha value is -3.34. The minimum atomic E-state index is -1.77. The quantitative estimate of drug-likeness (QED) is 0.326. The van der Waals surface area contributed by atoms with Crippen LogP contribution in [0, 0.1) is 34.5 Å². The minimum absolute atomic E-state index is 0.0312. The Morgan fingerprint density at radius 2 is 1.63 bits per heavy atom. The largest absolute Gasteiger partial charge is 0.481 e. The number of aliphatic carboxylic acids is 2. The number of carbonyl (C=O) groups is 6. The van der Waals surface area contributed by atoms with Gasteiger partial charge in [-0.1, -0.05) is 32.4 Å². The predicted octanol–water partition coefficient (Wildman–Crippen LogP) is 2.64. The molecule has 0 aromatic heterocycles. The molecule has 4 aliphatic carbocycles. The number of ether oxygens (including phenoxy) is 2. The van der Waals surface area contributed by atoms with Crippen molar-refractivity contribution in [3.05, 3.63) is 23.8 Å². The molecule has 0 spiro atoms. The van der Waals surface area contributed by atoms with Gasteiger partial charge in [-0.15, -0.1) is 0 Å². The molecule has 0 bridgehead atoms. The first-order valence-electron chi connectivity index (χ1n) is 14.1. The second kappa shape index (κ2) is 11.2. The van der Waals surface area contributed by atoms with E-state index in [2.05, 4.69) is 0 Å². The number of ketones is 2. The fraction of sp³-hybridized carbons (Fsp3) is 0.667. The molecule has 0 heterocycles. The number of aliphatic hydroxyl groups excluding tert-OH is 1. The number of fused-ring (bicyclic) bond motifs is 5. The van der Waals surface area contributed by atoms with Gasteiger partial charge in [-0.05, 0) is 55.6 Å². The second-order valence-electron chi connectivity index (χ2n) is 12.5. The van der Waals surface area contributed by atoms with Crippen molar-refractivity contribution in [3.63, 3.8) is 0 Å². The lowest BCUT2D eigenvalue weighted by atomic mass is 9.44. The molecule has 0 aromatic carbocycles. The minimum Gasteiger partial charge on any atom is -0.481 e. The maximum Gasteiger partial charge on any atom is 0.307 e. The Morgan fingerprint density at radius 3 is 2.27 bits per heavy atom. The van der Waals surface area contributed by atoms with E-state index >= 15 is 0 Å². The van der Waals surface area contributed by atoms with Crippen molar-refractivity contribution in [1.29, 1.82) is 0 Å². The normalized spacial score (nSPS) is 37.2. The lowest BCUT2D eigenvalue weighted by Crippen LogP contribution is -2.63. The summed E-state index contributed by atoms with van der Waals surface area (Å²) in [5.41, 5.74) is -2.42. The molecular weight excluding hydrogens is 536 g/mol. The Labute approximate surface area is 237 Å². The zero-order valence-corrected chi connectivity index (χ0v) is 23.6. The Morgan fingerprint density at radius 1 is 1.00 bits per heavy atom. The van der Waals surface area contributed by atoms with Crippen LogP contribution in [0.25, 0.3) is 0 Å². The van der Waals surface area contributed by atoms with E-state index in [0.717, 1.165) is 5.57 Å². The van der Waals surface area contributed by atoms with Gasteiger partial charge in [0.15, 0.2) is 18.0 Å². The Bertz CT molecular complexity index is 1220. The molecule has 4 rings (SSSR count). The van der Waals surface area contributed by atoms with Crippen LogP contribution in [0.3, 0.4) is 0 Å². The summed E-state index contributed by atoms with van der Waals surface area (Å²) in [5, 5.41) is 29.6. The Kier molecular flexibility index (Phi) is 8.33. The molecule has 8 atom stereocenters. The van der Waals surface area contributed by atoms with Gasteiger partial charge in [0, 0.05) is 16.7 Å². The van der Waals surface area contributed by atoms with E-state index in [1.165, 1.54) is 6.08 Å². The molecule has 0 saturated heterocycles. The lowest BCUT2D eigenvalue weighted by Gasteiger charge is -2.61. The molecule has 11 heteroatoms. The first kappa shape index (κ1) is 30.6. The molecule has 0 aliphatic heterocycles. The Balaban J connectivity index is 1.67. The first-order chi connectivity index (χ1) is 19.1. The molecule has 4 aliphatic rings. The van der Waals surface area contributed by atoms with Crippen LogP contribution in [0.4, 0.5) is 0 Å². The SMILES string of the molecule is C[C@H]1C[C@@H]2[C@H](C(O)C[C@@]3(C)[C@H]2CC[C@]3(OC(=O)CCC(=O)O)C(=O)COC(=O)CCC(=O)O)[C@@]2(C)C=CC(=O)C=C12. The number of carboxylic acids is 2. The van der Waals surface area contributed by atoms with Gasteiger partial charge in [0.2, 0.25) is 5.78 Å². The summed E-state index contributed by atoms with van der Waals surface area (Å²) < 4.78 is 11.0. The molecule has 0 radical (unpaired) electrons. The van der Waals surface area contributed by atoms with E-state index in [1.807, 2.05) is 19.9 Å². The van der Waals surface area contributed by atoms with Crippen LogP contribution in [0.5, 0.6) is 0 Å². The summed E-state index contributed by atoms with van der Waals surface area (Å²) in [7, 11) is 0. The van der Waals surface area contributed by atoms with Crippen molar-refractivity contribution < 1.29 is 53.6 Å². The monoisotopic (exact) mass is 574 g/mol. The van der Waals surface area contributed by atoms with Crippen molar-refractivity contribution >= 4 is 35.4 Å². The van der Waals surface area contributed by atoms with Crippen molar-refractivity contribution in [2.45, 2.75) is 83.8 Å². The number of allylic oxidation sites excluding steroid dienone is 4. The average molecular weight is 575 g/mol. The molecule has 3 N–H and O–H groups in total. The number of hydrogen-bond donors (Lipinski definition) is 3. The fourth-order valence-corrected chi connectivity index (χ4v) is 8.42. The predicted molar refractivity (Wildman–Crippen MR) is 141 cm³/mol. The zero-order chi connectivity index (χ0) is 30.3. The van der Waals surface area contributed by atoms with Gasteiger partial charge in [0.25, 0.3) is 0 Å². The third-order valence-corrected chi connectivity index (χ3v) is 10.1. The van der Waals surface area contributed by atoms with Gasteiger partial charge in [0.1, 0.15) is 0 Å². The van der Waals surface area contributed by atoms with E-state index in [1.54, 1.807) is 13.0 Å². The number of carboxylic acid groups (broad SMARTS) is 2. The number of carbonyl (C=O) groups excluding carboxylic acids is 4. The molecular formula is C30H38O11. The standard InChI is InChI=1S/C30H38O11/c1-16-12-18-19-9-11-30(41-26(39)7-5-24(36)37,22(33)15-40-25(38)6-4-23(34)35)29(19,3)14-21(32)27(18)28(2)10-8-17(31)13-20(16)28/h8,10,13,16,18-19,21,27,32H,4-7,9,11-12,14-15H2,1-3H3,(H,34,35)(H,36,37)/t16-,18-,19-,21?,27+,28-,29-,30-/m0/s1. The second-order valence-corrected chi connectivity index (χ2v) is 12.5. The maximum atomic E-state index is 13.9. The van der Waals surface area contributed by atoms with Crippen LogP contribution in [-0.2, 0) is 38.2 Å². The number of hydrogen-bond acceptors (Lipinski definition) is 9. The van der Waals surface area contributed by atoms with E-state index in [4.69, 9.17) is 19.7 Å². The topological polar surface area (TPSA) is 182 Å². The third kappa shape index (κ3) is 5.36. The van der Waals surface area contributed by atoms with Crippen LogP contribution in [0.1, 0.15) is 72.1 Å². The number of esters is 2. The molecule has 11 nitrogen and oxygen atoms in total. The number of Topliss-reactive ketones (excluding diaryl/α,β-unsaturated/α-hetero) is 1. The highest BCUT2D eigenvalue weighted by Gasteiger charge is 2.70. The first-order valence-corrected chi connectivity index (χ1v) is 14.1. The van der Waals surface area contributed by atoms with Gasteiger partial charge < -0.3 is 24.8 Å². The highest BCUT2D eigenvalue weighted by atomic mass is 16.6. The molecule has 224 valence electrons. The summed E-state index contributed by atoms with van der Waals surface area (Å²) >= 11 is 0. The molecule has 41 heavy (non-hydrogen) atoms. The van der Waals surface area contributed by atoms with Crippen LogP contribution >= 0.6 is 0 Å². The lowest BCUT2D eigenvalue weighted by molar-refractivity contribution is -0.202. The van der Waals surface area contributed by atoms with E-state index < -0.39 is 84.5 Å². The molecule has 3 saturated carbocycles. The van der Waals surface area contributed by atoms with Crippen molar-refractivity contribution in [2.24, 2.45) is 34.5 Å². The van der Waals surface area contributed by atoms with Gasteiger partial charge in [0.05, 0.1) is 31.8 Å². The van der Waals surface area contributed by atoms with Gasteiger partial charge in [-0.2, -0.15) is 0 Å². The summed E-state index contributed by atoms with van der Waals surface area (Å²) in [5.74, 6) is -5.38. The highest BCUT2D eigenvalue weighted by molar-refractivity contribution is 6.01. The number of aliphatic hydroxyl groups is 1. The summed E-state index contributed by atoms with van der Waals surface area (Å²) in [6.07, 6.45) is 3.66. The number of rotatable bonds is 10. The fourth-order valence-electron chi connectivity index (χ4n) is 8.42. The summed E-state index contributed by atoms with van der Waals surface area (Å²) in [6, 6.07) is 0. The van der Waals surface area contributed by atoms with Crippen LogP contribution < -0.4 is 0 Å². The molecule has 0 amide bonds. The van der Waals surface area contributed by atoms with Crippen LogP contribution in [-0.4, -0.2) is 69.1 Å². The third-order valence-electron chi connectivity index (χ3n) is 10.1. The average Bonchev–Trinajstić information content (AvgIpc) is 3.17.